The van der Waals surface area contributed by atoms with Crippen molar-refractivity contribution in [2.45, 2.75) is 9.79 Å². The van der Waals surface area contributed by atoms with Gasteiger partial charge in [0, 0.05) is 10.6 Å². The Hall–Kier alpha value is -1.90. The summed E-state index contributed by atoms with van der Waals surface area (Å²) in [5.41, 5.74) is 0.504. The lowest BCUT2D eigenvalue weighted by atomic mass is 10.3. The van der Waals surface area contributed by atoms with Gasteiger partial charge in [0.1, 0.15) is 5.82 Å². The second-order valence-electron chi connectivity index (χ2n) is 4.52. The predicted octanol–water partition coefficient (Wildman–Crippen LogP) is 2.46. The van der Waals surface area contributed by atoms with Gasteiger partial charge in [0.2, 0.25) is 15.9 Å². The summed E-state index contributed by atoms with van der Waals surface area (Å²) >= 11 is 1.28. The Morgan fingerprint density at radius 1 is 1.09 bits per heavy atom. The van der Waals surface area contributed by atoms with Gasteiger partial charge in [-0.15, -0.1) is 11.8 Å². The number of nitrogens with one attached hydrogen (secondary N) is 2. The molecule has 2 N–H and O–H groups in total. The molecule has 23 heavy (non-hydrogen) atoms. The second kappa shape index (κ2) is 7.58. The molecule has 8 heteroatoms. The van der Waals surface area contributed by atoms with Crippen LogP contribution >= 0.6 is 11.8 Å². The number of carbonyl (C=O) groups excluding carboxylic acids is 1. The summed E-state index contributed by atoms with van der Waals surface area (Å²) in [5, 5.41) is 2.67. The molecule has 0 spiro atoms. The fraction of sp³-hybridized carbons (Fsp3) is 0.133. The first kappa shape index (κ1) is 17.5. The first-order chi connectivity index (χ1) is 10.9. The van der Waals surface area contributed by atoms with E-state index in [1.807, 2.05) is 0 Å². The number of amides is 1. The molecule has 5 nitrogen and oxygen atoms in total. The highest BCUT2D eigenvalue weighted by molar-refractivity contribution is 8.00. The molecule has 2 rings (SSSR count). The van der Waals surface area contributed by atoms with Crippen molar-refractivity contribution in [1.82, 2.24) is 4.72 Å². The van der Waals surface area contributed by atoms with Crippen molar-refractivity contribution in [3.05, 3.63) is 54.3 Å². The van der Waals surface area contributed by atoms with E-state index in [9.17, 15) is 17.6 Å². The van der Waals surface area contributed by atoms with E-state index in [1.54, 1.807) is 12.1 Å². The van der Waals surface area contributed by atoms with E-state index in [1.165, 1.54) is 55.2 Å². The normalized spacial score (nSPS) is 11.2. The van der Waals surface area contributed by atoms with Crippen molar-refractivity contribution in [3.63, 3.8) is 0 Å². The number of benzene rings is 2. The number of halogens is 1. The van der Waals surface area contributed by atoms with E-state index in [0.717, 1.165) is 4.90 Å². The molecule has 0 atom stereocenters. The summed E-state index contributed by atoms with van der Waals surface area (Å²) in [4.78, 5) is 12.8. The number of carbonyl (C=O) groups is 1. The molecule has 0 aromatic heterocycles. The summed E-state index contributed by atoms with van der Waals surface area (Å²) < 4.78 is 38.2. The van der Waals surface area contributed by atoms with Gasteiger partial charge in [-0.3, -0.25) is 4.79 Å². The first-order valence-corrected chi connectivity index (χ1v) is 9.09. The maximum Gasteiger partial charge on any atom is 0.240 e. The molecule has 0 saturated heterocycles. The number of sulfonamides is 1. The van der Waals surface area contributed by atoms with Crippen molar-refractivity contribution in [2.24, 2.45) is 0 Å². The molecular weight excluding hydrogens is 339 g/mol. The van der Waals surface area contributed by atoms with Gasteiger partial charge in [-0.25, -0.2) is 17.5 Å². The average Bonchev–Trinajstić information content (AvgIpc) is 2.55. The molecule has 0 heterocycles. The van der Waals surface area contributed by atoms with Crippen molar-refractivity contribution < 1.29 is 17.6 Å². The van der Waals surface area contributed by atoms with E-state index in [0.29, 0.717) is 5.69 Å². The Kier molecular flexibility index (Phi) is 5.75. The van der Waals surface area contributed by atoms with Crippen LogP contribution in [0.15, 0.2) is 58.3 Å². The van der Waals surface area contributed by atoms with Crippen LogP contribution in [0.5, 0.6) is 0 Å². The number of anilines is 1. The highest BCUT2D eigenvalue weighted by Gasteiger charge is 2.11. The lowest BCUT2D eigenvalue weighted by Gasteiger charge is -2.07. The maximum absolute atomic E-state index is 12.8. The van der Waals surface area contributed by atoms with Gasteiger partial charge in [0.25, 0.3) is 0 Å². The van der Waals surface area contributed by atoms with Gasteiger partial charge in [0.15, 0.2) is 0 Å². The molecule has 2 aromatic carbocycles. The Morgan fingerprint density at radius 3 is 2.26 bits per heavy atom. The molecule has 122 valence electrons. The Bertz CT molecular complexity index is 775. The Labute approximate surface area is 138 Å². The van der Waals surface area contributed by atoms with Crippen LogP contribution in [0.4, 0.5) is 10.1 Å². The molecule has 0 unspecified atom stereocenters. The van der Waals surface area contributed by atoms with E-state index < -0.39 is 10.0 Å². The summed E-state index contributed by atoms with van der Waals surface area (Å²) in [7, 11) is -2.16. The maximum atomic E-state index is 12.8. The zero-order valence-electron chi connectivity index (χ0n) is 12.2. The summed E-state index contributed by atoms with van der Waals surface area (Å²) in [6.45, 7) is 0. The van der Waals surface area contributed by atoms with Gasteiger partial charge in [-0.2, -0.15) is 0 Å². The monoisotopic (exact) mass is 354 g/mol. The minimum Gasteiger partial charge on any atom is -0.325 e. The van der Waals surface area contributed by atoms with E-state index in [-0.39, 0.29) is 22.4 Å². The third-order valence-electron chi connectivity index (χ3n) is 2.90. The van der Waals surface area contributed by atoms with Crippen LogP contribution in [0.2, 0.25) is 0 Å². The lowest BCUT2D eigenvalue weighted by molar-refractivity contribution is -0.113. The van der Waals surface area contributed by atoms with Crippen LogP contribution in [0.3, 0.4) is 0 Å². The number of hydrogen-bond acceptors (Lipinski definition) is 4. The number of hydrogen-bond donors (Lipinski definition) is 2. The molecule has 0 aliphatic rings. The van der Waals surface area contributed by atoms with Crippen LogP contribution in [-0.4, -0.2) is 27.1 Å². The SMILES string of the molecule is CNS(=O)(=O)c1ccc(NC(=O)CSc2ccc(F)cc2)cc1. The standard InChI is InChI=1S/C15H15FN2O3S2/c1-17-23(20,21)14-8-4-12(5-9-14)18-15(19)10-22-13-6-2-11(16)3-7-13/h2-9,17H,10H2,1H3,(H,18,19). The van der Waals surface area contributed by atoms with Crippen molar-refractivity contribution in [2.75, 3.05) is 18.1 Å². The number of thioether (sulfide) groups is 1. The van der Waals surface area contributed by atoms with E-state index in [4.69, 9.17) is 0 Å². The van der Waals surface area contributed by atoms with Crippen LogP contribution in [0, 0.1) is 5.82 Å². The third-order valence-corrected chi connectivity index (χ3v) is 5.34. The molecule has 0 bridgehead atoms. The molecule has 2 aromatic rings. The van der Waals surface area contributed by atoms with Gasteiger partial charge in [0.05, 0.1) is 10.6 Å². The molecule has 0 aliphatic heterocycles. The van der Waals surface area contributed by atoms with Crippen molar-refractivity contribution >= 4 is 33.4 Å². The summed E-state index contributed by atoms with van der Waals surface area (Å²) in [6.07, 6.45) is 0. The van der Waals surface area contributed by atoms with Crippen molar-refractivity contribution in [1.29, 1.82) is 0 Å². The fourth-order valence-electron chi connectivity index (χ4n) is 1.71. The summed E-state index contributed by atoms with van der Waals surface area (Å²) in [6, 6.07) is 11.7. The molecule has 0 radical (unpaired) electrons. The van der Waals surface area contributed by atoms with E-state index in [2.05, 4.69) is 10.0 Å². The Balaban J connectivity index is 1.91. The van der Waals surface area contributed by atoms with Crippen LogP contribution < -0.4 is 10.0 Å². The smallest absolute Gasteiger partial charge is 0.240 e. The average molecular weight is 354 g/mol. The first-order valence-electron chi connectivity index (χ1n) is 6.62. The molecule has 0 fully saturated rings. The molecule has 0 saturated carbocycles. The molecule has 0 aliphatic carbocycles. The minimum absolute atomic E-state index is 0.124. The van der Waals surface area contributed by atoms with Gasteiger partial charge >= 0.3 is 0 Å². The van der Waals surface area contributed by atoms with Gasteiger partial charge in [-0.05, 0) is 55.6 Å². The Morgan fingerprint density at radius 2 is 1.70 bits per heavy atom. The zero-order chi connectivity index (χ0) is 16.9. The quantitative estimate of drug-likeness (QED) is 0.782. The fourth-order valence-corrected chi connectivity index (χ4v) is 3.14. The topological polar surface area (TPSA) is 75.3 Å². The van der Waals surface area contributed by atoms with Crippen LogP contribution in [0.1, 0.15) is 0 Å². The zero-order valence-corrected chi connectivity index (χ0v) is 13.9. The minimum atomic E-state index is -3.49. The third kappa shape index (κ3) is 5.05. The van der Waals surface area contributed by atoms with Crippen LogP contribution in [-0.2, 0) is 14.8 Å². The van der Waals surface area contributed by atoms with Crippen molar-refractivity contribution in [3.8, 4) is 0 Å². The highest BCUT2D eigenvalue weighted by Crippen LogP contribution is 2.19. The van der Waals surface area contributed by atoms with E-state index >= 15 is 0 Å². The largest absolute Gasteiger partial charge is 0.325 e. The summed E-state index contributed by atoms with van der Waals surface area (Å²) in [5.74, 6) is -0.388. The van der Waals surface area contributed by atoms with Gasteiger partial charge < -0.3 is 5.32 Å². The second-order valence-corrected chi connectivity index (χ2v) is 7.46. The molecule has 1 amide bonds. The highest BCUT2D eigenvalue weighted by atomic mass is 32.2. The van der Waals surface area contributed by atoms with Gasteiger partial charge in [-0.1, -0.05) is 0 Å². The van der Waals surface area contributed by atoms with Crippen LogP contribution in [0.25, 0.3) is 0 Å². The number of rotatable bonds is 6. The molecular formula is C15H15FN2O3S2. The predicted molar refractivity (Wildman–Crippen MR) is 88.4 cm³/mol. The lowest BCUT2D eigenvalue weighted by Crippen LogP contribution is -2.18.